The molecule has 1 aromatic rings. The molecule has 1 aromatic carbocycles. The Kier molecular flexibility index (Phi) is 4.33. The predicted octanol–water partition coefficient (Wildman–Crippen LogP) is -1.90. The fraction of sp³-hybridized carbons (Fsp3) is 0.250. The fourth-order valence-corrected chi connectivity index (χ4v) is 1.23. The number of halogens is 1. The van der Waals surface area contributed by atoms with Crippen molar-refractivity contribution < 1.29 is 12.4 Å². The first-order valence-corrected chi connectivity index (χ1v) is 3.80. The molecule has 0 unspecified atom stereocenters. The molecule has 0 bridgehead atoms. The molecule has 0 aliphatic rings. The Morgan fingerprint density at radius 1 is 1.20 bits per heavy atom. The Morgan fingerprint density at radius 3 is 2.20 bits per heavy atom. The van der Waals surface area contributed by atoms with Crippen molar-refractivity contribution in [2.75, 3.05) is 0 Å². The maximum absolute atomic E-state index is 2.16. The van der Waals surface area contributed by atoms with Gasteiger partial charge in [-0.25, -0.2) is 0 Å². The zero-order valence-corrected chi connectivity index (χ0v) is 8.49. The molecule has 10 heavy (non-hydrogen) atoms. The van der Waals surface area contributed by atoms with Gasteiger partial charge in [-0.2, -0.15) is 0 Å². The van der Waals surface area contributed by atoms with Gasteiger partial charge >= 0.3 is 68.6 Å². The van der Waals surface area contributed by atoms with E-state index in [9.17, 15) is 0 Å². The second-order valence-electron chi connectivity index (χ2n) is 2.36. The molecular weight excluding hydrogens is 156 g/mol. The topological polar surface area (TPSA) is 0 Å². The van der Waals surface area contributed by atoms with E-state index >= 15 is 0 Å². The van der Waals surface area contributed by atoms with Gasteiger partial charge in [0.05, 0.1) is 0 Å². The van der Waals surface area contributed by atoms with Gasteiger partial charge in [0.15, 0.2) is 0 Å². The van der Waals surface area contributed by atoms with Crippen molar-refractivity contribution in [3.8, 4) is 0 Å². The summed E-state index contributed by atoms with van der Waals surface area (Å²) < 4.78 is 1.41. The number of hydrogen-bond acceptors (Lipinski definition) is 0. The molecule has 0 aromatic heterocycles. The molecule has 0 radical (unpaired) electrons. The molecule has 0 saturated heterocycles. The summed E-state index contributed by atoms with van der Waals surface area (Å²) >= 11 is 1.95. The first-order chi connectivity index (χ1) is 4.22. The molecule has 1 rings (SSSR count). The molecule has 0 amide bonds. The first-order valence-electron chi connectivity index (χ1n) is 3.10. The summed E-state index contributed by atoms with van der Waals surface area (Å²) in [5.41, 5.74) is 2.82. The molecular formula is C8H9ClMg. The fourth-order valence-electron chi connectivity index (χ4n) is 0.812. The standard InChI is InChI=1S/C8H9.ClH.Mg/c1-7-5-3-4-6-8(7)2;;/h3-5H,1-2H3;1H;/q;;+1/p-1. The van der Waals surface area contributed by atoms with Gasteiger partial charge in [-0.05, 0) is 0 Å². The number of hydrogen-bond donors (Lipinski definition) is 0. The van der Waals surface area contributed by atoms with Crippen LogP contribution in [0.5, 0.6) is 0 Å². The molecule has 0 atom stereocenters. The largest absolute Gasteiger partial charge is 1.00 e. The molecule has 50 valence electrons. The van der Waals surface area contributed by atoms with Crippen LogP contribution in [0.4, 0.5) is 0 Å². The molecule has 0 saturated carbocycles. The molecule has 0 fully saturated rings. The molecule has 0 nitrogen and oxygen atoms in total. The van der Waals surface area contributed by atoms with E-state index in [4.69, 9.17) is 0 Å². The van der Waals surface area contributed by atoms with Gasteiger partial charge in [0.25, 0.3) is 0 Å². The van der Waals surface area contributed by atoms with E-state index in [1.54, 1.807) is 0 Å². The second kappa shape index (κ2) is 4.22. The van der Waals surface area contributed by atoms with Crippen LogP contribution in [-0.2, 0) is 0 Å². The first kappa shape index (κ1) is 10.3. The van der Waals surface area contributed by atoms with Crippen LogP contribution in [0.3, 0.4) is 0 Å². The Morgan fingerprint density at radius 2 is 1.80 bits per heavy atom. The molecule has 0 heterocycles. The molecule has 0 spiro atoms. The smallest absolute Gasteiger partial charge is 1.00 e. The summed E-state index contributed by atoms with van der Waals surface area (Å²) in [5.74, 6) is 0. The van der Waals surface area contributed by atoms with Crippen LogP contribution in [-0.4, -0.2) is 21.7 Å². The van der Waals surface area contributed by atoms with Crippen LogP contribution < -0.4 is 16.1 Å². The predicted molar refractivity (Wildman–Crippen MR) is 41.3 cm³/mol. The molecule has 0 N–H and O–H groups in total. The minimum Gasteiger partial charge on any atom is -1.00 e. The summed E-state index contributed by atoms with van der Waals surface area (Å²) in [6.07, 6.45) is 0. The average Bonchev–Trinajstić information content (AvgIpc) is 1.83. The molecule has 2 heteroatoms. The van der Waals surface area contributed by atoms with Gasteiger partial charge in [-0.15, -0.1) is 0 Å². The van der Waals surface area contributed by atoms with Crippen LogP contribution in [0, 0.1) is 13.8 Å². The number of aryl methyl sites for hydroxylation is 1. The minimum atomic E-state index is 0. The van der Waals surface area contributed by atoms with Crippen molar-refractivity contribution in [1.82, 2.24) is 0 Å². The third-order valence-electron chi connectivity index (χ3n) is 1.72. The summed E-state index contributed by atoms with van der Waals surface area (Å²) in [7, 11) is 0. The van der Waals surface area contributed by atoms with E-state index in [1.165, 1.54) is 14.8 Å². The van der Waals surface area contributed by atoms with Crippen LogP contribution in [0.1, 0.15) is 11.1 Å². The van der Waals surface area contributed by atoms with Gasteiger partial charge in [0.2, 0.25) is 0 Å². The Labute approximate surface area is 80.9 Å². The maximum Gasteiger partial charge on any atom is -1.00 e. The van der Waals surface area contributed by atoms with E-state index in [2.05, 4.69) is 32.0 Å². The monoisotopic (exact) mass is 164 g/mol. The Balaban J connectivity index is 0.000000810. The average molecular weight is 165 g/mol. The van der Waals surface area contributed by atoms with Crippen molar-refractivity contribution in [3.63, 3.8) is 0 Å². The van der Waals surface area contributed by atoms with E-state index in [-0.39, 0.29) is 12.4 Å². The van der Waals surface area contributed by atoms with Gasteiger partial charge < -0.3 is 12.4 Å². The van der Waals surface area contributed by atoms with Crippen LogP contribution in [0.15, 0.2) is 18.2 Å². The van der Waals surface area contributed by atoms with Crippen LogP contribution in [0.2, 0.25) is 0 Å². The van der Waals surface area contributed by atoms with Crippen LogP contribution >= 0.6 is 0 Å². The van der Waals surface area contributed by atoms with Crippen molar-refractivity contribution in [3.05, 3.63) is 29.3 Å². The zero-order valence-electron chi connectivity index (χ0n) is 6.32. The van der Waals surface area contributed by atoms with Crippen LogP contribution in [0.25, 0.3) is 0 Å². The summed E-state index contributed by atoms with van der Waals surface area (Å²) in [4.78, 5) is 0. The molecule has 0 aliphatic heterocycles. The van der Waals surface area contributed by atoms with Gasteiger partial charge in [0, 0.05) is 0 Å². The van der Waals surface area contributed by atoms with Gasteiger partial charge in [0.1, 0.15) is 0 Å². The normalized spacial score (nSPS) is 8.80. The quantitative estimate of drug-likeness (QED) is 0.394. The van der Waals surface area contributed by atoms with Crippen molar-refractivity contribution in [1.29, 1.82) is 0 Å². The van der Waals surface area contributed by atoms with E-state index in [0.717, 1.165) is 0 Å². The van der Waals surface area contributed by atoms with Gasteiger partial charge in [-0.1, -0.05) is 0 Å². The van der Waals surface area contributed by atoms with E-state index < -0.39 is 0 Å². The Bertz CT molecular complexity index is 200. The molecule has 0 aliphatic carbocycles. The maximum atomic E-state index is 2.16. The minimum absolute atomic E-state index is 0. The third-order valence-corrected chi connectivity index (χ3v) is 2.48. The summed E-state index contributed by atoms with van der Waals surface area (Å²) in [6.45, 7) is 4.31. The van der Waals surface area contributed by atoms with Crippen molar-refractivity contribution >= 4 is 25.4 Å². The SMILES string of the molecule is Cc1ccc[c]([Mg+])c1C.[Cl-]. The second-order valence-corrected chi connectivity index (χ2v) is 3.12. The zero-order chi connectivity index (χ0) is 6.85. The van der Waals surface area contributed by atoms with E-state index in [0.29, 0.717) is 0 Å². The van der Waals surface area contributed by atoms with Gasteiger partial charge in [-0.3, -0.25) is 0 Å². The number of rotatable bonds is 0. The third kappa shape index (κ3) is 2.15. The van der Waals surface area contributed by atoms with Crippen molar-refractivity contribution in [2.24, 2.45) is 0 Å². The summed E-state index contributed by atoms with van der Waals surface area (Å²) in [5, 5.41) is 0. The summed E-state index contributed by atoms with van der Waals surface area (Å²) in [6, 6.07) is 6.40. The van der Waals surface area contributed by atoms with Crippen molar-refractivity contribution in [2.45, 2.75) is 13.8 Å². The number of benzene rings is 1. The Hall–Kier alpha value is 0.276. The van der Waals surface area contributed by atoms with E-state index in [1.807, 2.05) is 21.7 Å².